The van der Waals surface area contributed by atoms with Crippen molar-refractivity contribution in [3.63, 3.8) is 0 Å². The summed E-state index contributed by atoms with van der Waals surface area (Å²) in [4.78, 5) is 5.19. The van der Waals surface area contributed by atoms with E-state index in [9.17, 15) is 8.78 Å². The van der Waals surface area contributed by atoms with Crippen molar-refractivity contribution in [2.24, 2.45) is 0 Å². The number of pyridine rings is 1. The first-order valence-corrected chi connectivity index (χ1v) is 3.99. The number of rotatable bonds is 3. The summed E-state index contributed by atoms with van der Waals surface area (Å²) in [5.74, 6) is 0.379. The van der Waals surface area contributed by atoms with E-state index in [0.717, 1.165) is 0 Å². The molecule has 0 saturated heterocycles. The van der Waals surface area contributed by atoms with Crippen molar-refractivity contribution < 1.29 is 8.78 Å². The van der Waals surface area contributed by atoms with Crippen LogP contribution in [-0.4, -0.2) is 25.0 Å². The highest BCUT2D eigenvalue weighted by molar-refractivity contribution is 5.44. The maximum atomic E-state index is 12.0. The van der Waals surface area contributed by atoms with Crippen LogP contribution in [0.1, 0.15) is 5.56 Å². The molecule has 0 saturated carbocycles. The molecule has 0 amide bonds. The molecule has 0 bridgehead atoms. The third-order valence-corrected chi connectivity index (χ3v) is 1.68. The van der Waals surface area contributed by atoms with E-state index in [4.69, 9.17) is 5.26 Å². The number of anilines is 1. The molecular weight excluding hydrogens is 188 g/mol. The van der Waals surface area contributed by atoms with Gasteiger partial charge in [0, 0.05) is 13.2 Å². The second-order valence-corrected chi connectivity index (χ2v) is 2.79. The fraction of sp³-hybridized carbons (Fsp3) is 0.333. The summed E-state index contributed by atoms with van der Waals surface area (Å²) in [5.41, 5.74) is 0.413. The van der Waals surface area contributed by atoms with Gasteiger partial charge in [-0.15, -0.1) is 0 Å². The van der Waals surface area contributed by atoms with E-state index in [1.165, 1.54) is 30.3 Å². The van der Waals surface area contributed by atoms with Crippen molar-refractivity contribution >= 4 is 5.82 Å². The molecule has 0 radical (unpaired) electrons. The predicted octanol–water partition coefficient (Wildman–Crippen LogP) is 1.65. The molecule has 0 aliphatic rings. The van der Waals surface area contributed by atoms with Crippen molar-refractivity contribution in [1.82, 2.24) is 4.98 Å². The van der Waals surface area contributed by atoms with Crippen LogP contribution in [0.5, 0.6) is 0 Å². The molecule has 0 fully saturated rings. The Kier molecular flexibility index (Phi) is 3.35. The van der Waals surface area contributed by atoms with Crippen molar-refractivity contribution in [3.05, 3.63) is 23.9 Å². The normalized spacial score (nSPS) is 9.93. The number of hydrogen-bond donors (Lipinski definition) is 0. The van der Waals surface area contributed by atoms with E-state index in [0.29, 0.717) is 11.4 Å². The largest absolute Gasteiger partial charge is 0.354 e. The van der Waals surface area contributed by atoms with Crippen molar-refractivity contribution in [2.45, 2.75) is 6.43 Å². The minimum Gasteiger partial charge on any atom is -0.354 e. The quantitative estimate of drug-likeness (QED) is 0.739. The molecule has 14 heavy (non-hydrogen) atoms. The molecule has 1 aromatic heterocycles. The number of nitrogens with zero attached hydrogens (tertiary/aromatic N) is 3. The zero-order valence-electron chi connectivity index (χ0n) is 7.61. The van der Waals surface area contributed by atoms with Gasteiger partial charge in [-0.1, -0.05) is 0 Å². The van der Waals surface area contributed by atoms with E-state index in [-0.39, 0.29) is 6.54 Å². The lowest BCUT2D eigenvalue weighted by molar-refractivity contribution is 0.156. The fourth-order valence-electron chi connectivity index (χ4n) is 0.997. The van der Waals surface area contributed by atoms with Gasteiger partial charge in [0.2, 0.25) is 0 Å². The summed E-state index contributed by atoms with van der Waals surface area (Å²) in [5, 5.41) is 8.58. The molecule has 0 aliphatic carbocycles. The first-order chi connectivity index (χ1) is 6.63. The lowest BCUT2D eigenvalue weighted by Crippen LogP contribution is -2.24. The smallest absolute Gasteiger partial charge is 0.255 e. The zero-order valence-corrected chi connectivity index (χ0v) is 7.61. The monoisotopic (exact) mass is 197 g/mol. The summed E-state index contributed by atoms with van der Waals surface area (Å²) in [6.07, 6.45) is -0.983. The van der Waals surface area contributed by atoms with Gasteiger partial charge >= 0.3 is 0 Å². The Labute approximate surface area is 80.6 Å². The number of hydrogen-bond acceptors (Lipinski definition) is 3. The second kappa shape index (κ2) is 4.51. The fourth-order valence-corrected chi connectivity index (χ4v) is 0.997. The number of nitriles is 1. The van der Waals surface area contributed by atoms with Crippen LogP contribution in [0.4, 0.5) is 14.6 Å². The number of alkyl halides is 2. The molecule has 5 heteroatoms. The van der Waals surface area contributed by atoms with Gasteiger partial charge in [0.1, 0.15) is 5.82 Å². The first kappa shape index (κ1) is 10.4. The van der Waals surface area contributed by atoms with Crippen LogP contribution in [0.2, 0.25) is 0 Å². The summed E-state index contributed by atoms with van der Waals surface area (Å²) < 4.78 is 24.0. The Morgan fingerprint density at radius 2 is 2.36 bits per heavy atom. The highest BCUT2D eigenvalue weighted by Crippen LogP contribution is 2.11. The average Bonchev–Trinajstić information content (AvgIpc) is 2.17. The SMILES string of the molecule is CN(CC(F)F)c1cc(C#N)ccn1. The number of halogens is 2. The Balaban J connectivity index is 2.80. The average molecular weight is 197 g/mol. The zero-order chi connectivity index (χ0) is 10.6. The van der Waals surface area contributed by atoms with Crippen LogP contribution < -0.4 is 4.90 Å². The Hall–Kier alpha value is -1.70. The Bertz CT molecular complexity index is 346. The van der Waals surface area contributed by atoms with Crippen molar-refractivity contribution in [1.29, 1.82) is 5.26 Å². The molecular formula is C9H9F2N3. The van der Waals surface area contributed by atoms with E-state index in [2.05, 4.69) is 4.98 Å². The molecule has 0 atom stereocenters. The standard InChI is InChI=1S/C9H9F2N3/c1-14(6-8(10)11)9-4-7(5-12)2-3-13-9/h2-4,8H,6H2,1H3. The molecule has 74 valence electrons. The lowest BCUT2D eigenvalue weighted by Gasteiger charge is -2.17. The van der Waals surface area contributed by atoms with Crippen LogP contribution >= 0.6 is 0 Å². The van der Waals surface area contributed by atoms with Crippen molar-refractivity contribution in [2.75, 3.05) is 18.5 Å². The van der Waals surface area contributed by atoms with Crippen molar-refractivity contribution in [3.8, 4) is 6.07 Å². The highest BCUT2D eigenvalue weighted by atomic mass is 19.3. The van der Waals surface area contributed by atoms with Crippen LogP contribution in [-0.2, 0) is 0 Å². The van der Waals surface area contributed by atoms with Crippen LogP contribution in [0.25, 0.3) is 0 Å². The molecule has 0 aliphatic heterocycles. The van der Waals surface area contributed by atoms with Gasteiger partial charge in [0.05, 0.1) is 18.2 Å². The summed E-state index contributed by atoms with van der Waals surface area (Å²) >= 11 is 0. The third-order valence-electron chi connectivity index (χ3n) is 1.68. The van der Waals surface area contributed by atoms with E-state index >= 15 is 0 Å². The van der Waals surface area contributed by atoms with Crippen LogP contribution in [0.3, 0.4) is 0 Å². The molecule has 0 spiro atoms. The molecule has 1 aromatic rings. The van der Waals surface area contributed by atoms with Gasteiger partial charge in [-0.25, -0.2) is 13.8 Å². The summed E-state index contributed by atoms with van der Waals surface area (Å²) in [6.45, 7) is -0.387. The molecule has 0 unspecified atom stereocenters. The topological polar surface area (TPSA) is 39.9 Å². The minimum atomic E-state index is -2.41. The summed E-state index contributed by atoms with van der Waals surface area (Å²) in [7, 11) is 1.51. The maximum absolute atomic E-state index is 12.0. The molecule has 1 heterocycles. The van der Waals surface area contributed by atoms with E-state index in [1.54, 1.807) is 0 Å². The molecule has 1 rings (SSSR count). The van der Waals surface area contributed by atoms with E-state index < -0.39 is 6.43 Å². The van der Waals surface area contributed by atoms with Gasteiger partial charge in [0.15, 0.2) is 0 Å². The van der Waals surface area contributed by atoms with E-state index in [1.807, 2.05) is 6.07 Å². The predicted molar refractivity (Wildman–Crippen MR) is 48.2 cm³/mol. The Morgan fingerprint density at radius 1 is 1.64 bits per heavy atom. The van der Waals surface area contributed by atoms with Gasteiger partial charge in [-0.3, -0.25) is 0 Å². The molecule has 0 N–H and O–H groups in total. The number of aromatic nitrogens is 1. The summed E-state index contributed by atoms with van der Waals surface area (Å²) in [6, 6.07) is 4.92. The van der Waals surface area contributed by atoms with Crippen LogP contribution in [0.15, 0.2) is 18.3 Å². The maximum Gasteiger partial charge on any atom is 0.255 e. The lowest BCUT2D eigenvalue weighted by atomic mass is 10.3. The minimum absolute atomic E-state index is 0.379. The first-order valence-electron chi connectivity index (χ1n) is 3.99. The van der Waals surface area contributed by atoms with Gasteiger partial charge in [-0.05, 0) is 12.1 Å². The van der Waals surface area contributed by atoms with Crippen LogP contribution in [0, 0.1) is 11.3 Å². The molecule has 3 nitrogen and oxygen atoms in total. The van der Waals surface area contributed by atoms with Gasteiger partial charge in [-0.2, -0.15) is 5.26 Å². The molecule has 0 aromatic carbocycles. The highest BCUT2D eigenvalue weighted by Gasteiger charge is 2.09. The second-order valence-electron chi connectivity index (χ2n) is 2.79. The van der Waals surface area contributed by atoms with Gasteiger partial charge < -0.3 is 4.90 Å². The van der Waals surface area contributed by atoms with Gasteiger partial charge in [0.25, 0.3) is 6.43 Å². The Morgan fingerprint density at radius 3 is 2.93 bits per heavy atom. The third kappa shape index (κ3) is 2.66.